The lowest BCUT2D eigenvalue weighted by Crippen LogP contribution is -1.80. The van der Waals surface area contributed by atoms with Gasteiger partial charge in [0.05, 0.1) is 11.2 Å². The van der Waals surface area contributed by atoms with Gasteiger partial charge in [0, 0.05) is 10.6 Å². The number of halogens is 2. The molecule has 0 aliphatic carbocycles. The smallest absolute Gasteiger partial charge is 0.292 e. The third-order valence-corrected chi connectivity index (χ3v) is 2.27. The maximum Gasteiger partial charge on any atom is 0.292 e. The van der Waals surface area contributed by atoms with E-state index in [1.807, 2.05) is 0 Å². The zero-order valence-corrected chi connectivity index (χ0v) is 8.51. The van der Waals surface area contributed by atoms with Gasteiger partial charge < -0.3 is 10.2 Å². The second-order valence-corrected chi connectivity index (χ2v) is 3.53. The summed E-state index contributed by atoms with van der Waals surface area (Å²) in [4.78, 5) is 3.78. The van der Waals surface area contributed by atoms with Crippen molar-refractivity contribution in [3.63, 3.8) is 0 Å². The van der Waals surface area contributed by atoms with Crippen molar-refractivity contribution in [1.82, 2.24) is 4.98 Å². The van der Waals surface area contributed by atoms with Crippen LogP contribution in [0.4, 0.5) is 6.01 Å². The molecule has 1 aromatic carbocycles. The normalized spacial score (nSPS) is 10.4. The Balaban J connectivity index is 2.52. The molecule has 1 aromatic heterocycles. The zero-order valence-electron chi connectivity index (χ0n) is 7.00. The molecular weight excluding hydrogens is 223 g/mol. The van der Waals surface area contributed by atoms with Gasteiger partial charge in [0.1, 0.15) is 0 Å². The molecule has 72 valence electrons. The fourth-order valence-electron chi connectivity index (χ4n) is 1.10. The van der Waals surface area contributed by atoms with E-state index in [4.69, 9.17) is 33.4 Å². The van der Waals surface area contributed by atoms with Crippen LogP contribution >= 0.6 is 23.2 Å². The van der Waals surface area contributed by atoms with Crippen LogP contribution in [0.2, 0.25) is 10.0 Å². The van der Waals surface area contributed by atoms with Crippen molar-refractivity contribution in [3.8, 4) is 11.3 Å². The molecule has 5 heteroatoms. The summed E-state index contributed by atoms with van der Waals surface area (Å²) in [6.07, 6.45) is 1.52. The molecule has 0 saturated carbocycles. The lowest BCUT2D eigenvalue weighted by molar-refractivity contribution is 0.595. The van der Waals surface area contributed by atoms with Gasteiger partial charge in [-0.3, -0.25) is 0 Å². The summed E-state index contributed by atoms with van der Waals surface area (Å²) >= 11 is 11.7. The minimum atomic E-state index is 0.117. The summed E-state index contributed by atoms with van der Waals surface area (Å²) in [6.45, 7) is 0. The highest BCUT2D eigenvalue weighted by molar-refractivity contribution is 6.36. The Kier molecular flexibility index (Phi) is 2.35. The standard InChI is InChI=1S/C9H6Cl2N2O/c10-5-1-2-6(7(11)3-5)8-4-13-9(12)14-8/h1-4H,(H2,12,13). The Morgan fingerprint density at radius 1 is 1.29 bits per heavy atom. The fourth-order valence-corrected chi connectivity index (χ4v) is 1.60. The second kappa shape index (κ2) is 3.52. The molecule has 3 nitrogen and oxygen atoms in total. The Morgan fingerprint density at radius 2 is 2.07 bits per heavy atom. The number of anilines is 1. The minimum absolute atomic E-state index is 0.117. The first kappa shape index (κ1) is 9.37. The molecule has 0 aliphatic heterocycles. The number of rotatable bonds is 1. The van der Waals surface area contributed by atoms with E-state index < -0.39 is 0 Å². The van der Waals surface area contributed by atoms with Crippen molar-refractivity contribution in [2.24, 2.45) is 0 Å². The van der Waals surface area contributed by atoms with Gasteiger partial charge in [-0.2, -0.15) is 0 Å². The van der Waals surface area contributed by atoms with Crippen LogP contribution in [0.25, 0.3) is 11.3 Å². The van der Waals surface area contributed by atoms with E-state index in [0.717, 1.165) is 5.56 Å². The van der Waals surface area contributed by atoms with Crippen LogP contribution in [0.15, 0.2) is 28.8 Å². The first-order chi connectivity index (χ1) is 6.66. The monoisotopic (exact) mass is 228 g/mol. The predicted octanol–water partition coefficient (Wildman–Crippen LogP) is 3.23. The van der Waals surface area contributed by atoms with E-state index in [9.17, 15) is 0 Å². The summed E-state index contributed by atoms with van der Waals surface area (Å²) in [7, 11) is 0. The Morgan fingerprint density at radius 3 is 2.64 bits per heavy atom. The third kappa shape index (κ3) is 1.69. The molecule has 0 amide bonds. The number of nitrogens with zero attached hydrogens (tertiary/aromatic N) is 1. The van der Waals surface area contributed by atoms with E-state index in [1.54, 1.807) is 18.2 Å². The van der Waals surface area contributed by atoms with Gasteiger partial charge >= 0.3 is 0 Å². The second-order valence-electron chi connectivity index (χ2n) is 2.69. The lowest BCUT2D eigenvalue weighted by Gasteiger charge is -1.99. The highest BCUT2D eigenvalue weighted by Gasteiger charge is 2.08. The van der Waals surface area contributed by atoms with Crippen molar-refractivity contribution in [2.75, 3.05) is 5.73 Å². The highest BCUT2D eigenvalue weighted by Crippen LogP contribution is 2.30. The molecule has 0 aliphatic rings. The molecule has 2 aromatic rings. The molecule has 0 atom stereocenters. The number of oxazole rings is 1. The van der Waals surface area contributed by atoms with Crippen LogP contribution in [-0.4, -0.2) is 4.98 Å². The Labute approximate surface area is 90.4 Å². The zero-order chi connectivity index (χ0) is 10.1. The molecule has 0 radical (unpaired) electrons. The van der Waals surface area contributed by atoms with Gasteiger partial charge in [0.15, 0.2) is 5.76 Å². The number of nitrogen functional groups attached to an aromatic ring is 1. The van der Waals surface area contributed by atoms with E-state index in [0.29, 0.717) is 15.8 Å². The molecule has 0 bridgehead atoms. The van der Waals surface area contributed by atoms with Gasteiger partial charge in [-0.25, -0.2) is 4.98 Å². The average Bonchev–Trinajstić information content (AvgIpc) is 2.51. The lowest BCUT2D eigenvalue weighted by atomic mass is 10.2. The number of benzene rings is 1. The molecule has 0 saturated heterocycles. The molecule has 14 heavy (non-hydrogen) atoms. The van der Waals surface area contributed by atoms with Crippen molar-refractivity contribution >= 4 is 29.2 Å². The highest BCUT2D eigenvalue weighted by atomic mass is 35.5. The number of hydrogen-bond donors (Lipinski definition) is 1. The van der Waals surface area contributed by atoms with Crippen molar-refractivity contribution < 1.29 is 4.42 Å². The predicted molar refractivity (Wildman–Crippen MR) is 56.4 cm³/mol. The van der Waals surface area contributed by atoms with Gasteiger partial charge in [0.2, 0.25) is 0 Å². The van der Waals surface area contributed by atoms with E-state index >= 15 is 0 Å². The van der Waals surface area contributed by atoms with Crippen LogP contribution in [-0.2, 0) is 0 Å². The minimum Gasteiger partial charge on any atom is -0.424 e. The summed E-state index contributed by atoms with van der Waals surface area (Å²) < 4.78 is 5.13. The van der Waals surface area contributed by atoms with E-state index in [2.05, 4.69) is 4.98 Å². The maximum atomic E-state index is 5.96. The SMILES string of the molecule is Nc1ncc(-c2ccc(Cl)cc2Cl)o1. The summed E-state index contributed by atoms with van der Waals surface area (Å²) in [5.41, 5.74) is 6.07. The number of aromatic nitrogens is 1. The Bertz CT molecular complexity index is 468. The van der Waals surface area contributed by atoms with Gasteiger partial charge in [-0.15, -0.1) is 0 Å². The van der Waals surface area contributed by atoms with E-state index in [-0.39, 0.29) is 6.01 Å². The molecule has 0 spiro atoms. The summed E-state index contributed by atoms with van der Waals surface area (Å²) in [5, 5.41) is 1.08. The number of hydrogen-bond acceptors (Lipinski definition) is 3. The molecule has 2 N–H and O–H groups in total. The summed E-state index contributed by atoms with van der Waals surface area (Å²) in [5.74, 6) is 0.532. The van der Waals surface area contributed by atoms with E-state index in [1.165, 1.54) is 6.20 Å². The Hall–Kier alpha value is -1.19. The quantitative estimate of drug-likeness (QED) is 0.816. The van der Waals surface area contributed by atoms with Crippen molar-refractivity contribution in [3.05, 3.63) is 34.4 Å². The molecule has 0 fully saturated rings. The molecule has 0 unspecified atom stereocenters. The van der Waals surface area contributed by atoms with Crippen LogP contribution in [0.1, 0.15) is 0 Å². The topological polar surface area (TPSA) is 52.0 Å². The first-order valence-electron chi connectivity index (χ1n) is 3.83. The van der Waals surface area contributed by atoms with Crippen LogP contribution in [0.5, 0.6) is 0 Å². The average molecular weight is 229 g/mol. The van der Waals surface area contributed by atoms with Gasteiger partial charge in [-0.05, 0) is 18.2 Å². The first-order valence-corrected chi connectivity index (χ1v) is 4.59. The van der Waals surface area contributed by atoms with Gasteiger partial charge in [-0.1, -0.05) is 23.2 Å². The van der Waals surface area contributed by atoms with Crippen molar-refractivity contribution in [1.29, 1.82) is 0 Å². The molecular formula is C9H6Cl2N2O. The largest absolute Gasteiger partial charge is 0.424 e. The number of nitrogens with two attached hydrogens (primary N) is 1. The van der Waals surface area contributed by atoms with Crippen molar-refractivity contribution in [2.45, 2.75) is 0 Å². The summed E-state index contributed by atoms with van der Waals surface area (Å²) in [6, 6.07) is 5.23. The molecule has 2 rings (SSSR count). The van der Waals surface area contributed by atoms with Crippen LogP contribution in [0, 0.1) is 0 Å². The maximum absolute atomic E-state index is 5.96. The van der Waals surface area contributed by atoms with Gasteiger partial charge in [0.25, 0.3) is 6.01 Å². The third-order valence-electron chi connectivity index (χ3n) is 1.72. The van der Waals surface area contributed by atoms with Crippen LogP contribution in [0.3, 0.4) is 0 Å². The molecule has 1 heterocycles. The fraction of sp³-hybridized carbons (Fsp3) is 0. The van der Waals surface area contributed by atoms with Crippen LogP contribution < -0.4 is 5.73 Å².